The number of carboxylic acid groups (broad SMARTS) is 1. The van der Waals surface area contributed by atoms with Crippen LogP contribution in [0.3, 0.4) is 0 Å². The first kappa shape index (κ1) is 18.9. The van der Waals surface area contributed by atoms with E-state index in [-0.39, 0.29) is 0 Å². The molecule has 0 aromatic heterocycles. The van der Waals surface area contributed by atoms with Crippen LogP contribution in [0.25, 0.3) is 6.08 Å². The van der Waals surface area contributed by atoms with E-state index in [1.807, 2.05) is 36.4 Å². The van der Waals surface area contributed by atoms with Gasteiger partial charge in [0, 0.05) is 4.47 Å². The number of aliphatic hydroxyl groups excluding tert-OH is 1. The molecule has 0 aliphatic rings. The van der Waals surface area contributed by atoms with Gasteiger partial charge in [0.2, 0.25) is 0 Å². The van der Waals surface area contributed by atoms with Crippen LogP contribution in [0, 0.1) is 0 Å². The van der Waals surface area contributed by atoms with Gasteiger partial charge in [0.15, 0.2) is 0 Å². The zero-order chi connectivity index (χ0) is 17.2. The highest BCUT2D eigenvalue weighted by atomic mass is 79.9. The Morgan fingerprint density at radius 2 is 1.70 bits per heavy atom. The smallest absolute Gasteiger partial charge is 0.335 e. The van der Waals surface area contributed by atoms with Crippen LogP contribution >= 0.6 is 15.9 Å². The highest BCUT2D eigenvalue weighted by Gasteiger charge is 1.97. The van der Waals surface area contributed by atoms with Gasteiger partial charge in [-0.3, -0.25) is 0 Å². The Kier molecular flexibility index (Phi) is 8.02. The quantitative estimate of drug-likeness (QED) is 0.756. The zero-order valence-electron chi connectivity index (χ0n) is 12.8. The molecule has 0 fully saturated rings. The van der Waals surface area contributed by atoms with Gasteiger partial charge in [0.05, 0.1) is 11.7 Å². The average molecular weight is 375 g/mol. The average Bonchev–Trinajstić information content (AvgIpc) is 2.55. The number of carboxylic acids is 1. The number of halogens is 1. The molecule has 0 amide bonds. The van der Waals surface area contributed by atoms with E-state index in [9.17, 15) is 9.90 Å². The highest BCUT2D eigenvalue weighted by Crippen LogP contribution is 2.12. The summed E-state index contributed by atoms with van der Waals surface area (Å²) in [4.78, 5) is 10.2. The van der Waals surface area contributed by atoms with E-state index in [0.29, 0.717) is 11.1 Å². The SMILES string of the molecule is C=C(C=Cc1ccc(Br)cc1)C(C)O.O=C(O)c1ccccc1. The van der Waals surface area contributed by atoms with E-state index in [4.69, 9.17) is 5.11 Å². The van der Waals surface area contributed by atoms with Crippen molar-refractivity contribution in [3.63, 3.8) is 0 Å². The van der Waals surface area contributed by atoms with Crippen LogP contribution in [0.2, 0.25) is 0 Å². The number of rotatable bonds is 4. The minimum atomic E-state index is -0.879. The Hall–Kier alpha value is -2.17. The molecular formula is C19H19BrO3. The minimum Gasteiger partial charge on any atom is -0.478 e. The normalized spacial score (nSPS) is 11.4. The molecule has 4 heteroatoms. The molecule has 2 aromatic rings. The van der Waals surface area contributed by atoms with Gasteiger partial charge >= 0.3 is 5.97 Å². The molecule has 0 aliphatic carbocycles. The van der Waals surface area contributed by atoms with Gasteiger partial charge < -0.3 is 10.2 Å². The first-order valence-electron chi connectivity index (χ1n) is 6.99. The summed E-state index contributed by atoms with van der Waals surface area (Å²) in [7, 11) is 0. The lowest BCUT2D eigenvalue weighted by molar-refractivity contribution is 0.0697. The van der Waals surface area contributed by atoms with Crippen LogP contribution in [0.4, 0.5) is 0 Å². The van der Waals surface area contributed by atoms with E-state index in [0.717, 1.165) is 10.0 Å². The summed E-state index contributed by atoms with van der Waals surface area (Å²) in [6, 6.07) is 16.2. The van der Waals surface area contributed by atoms with Gasteiger partial charge in [-0.25, -0.2) is 4.79 Å². The van der Waals surface area contributed by atoms with Crippen molar-refractivity contribution < 1.29 is 15.0 Å². The van der Waals surface area contributed by atoms with Crippen molar-refractivity contribution in [1.82, 2.24) is 0 Å². The van der Waals surface area contributed by atoms with Crippen molar-refractivity contribution in [3.05, 3.63) is 88.4 Å². The summed E-state index contributed by atoms with van der Waals surface area (Å²) >= 11 is 3.37. The van der Waals surface area contributed by atoms with E-state index in [2.05, 4.69) is 22.5 Å². The monoisotopic (exact) mass is 374 g/mol. The molecule has 23 heavy (non-hydrogen) atoms. The molecule has 2 rings (SSSR count). The molecule has 2 aromatic carbocycles. The molecule has 0 heterocycles. The topological polar surface area (TPSA) is 57.5 Å². The molecule has 0 saturated carbocycles. The van der Waals surface area contributed by atoms with E-state index in [1.54, 1.807) is 37.3 Å². The second-order valence-corrected chi connectivity index (χ2v) is 5.72. The fraction of sp³-hybridized carbons (Fsp3) is 0.105. The Bertz CT molecular complexity index is 659. The summed E-state index contributed by atoms with van der Waals surface area (Å²) in [5.74, 6) is -0.879. The van der Waals surface area contributed by atoms with Crippen LogP contribution < -0.4 is 0 Å². The maximum Gasteiger partial charge on any atom is 0.335 e. The Morgan fingerprint density at radius 3 is 2.13 bits per heavy atom. The first-order chi connectivity index (χ1) is 10.9. The first-order valence-corrected chi connectivity index (χ1v) is 7.78. The highest BCUT2D eigenvalue weighted by molar-refractivity contribution is 9.10. The van der Waals surface area contributed by atoms with E-state index < -0.39 is 12.1 Å². The lowest BCUT2D eigenvalue weighted by Crippen LogP contribution is -1.99. The van der Waals surface area contributed by atoms with Crippen LogP contribution in [0.5, 0.6) is 0 Å². The molecule has 0 radical (unpaired) electrons. The van der Waals surface area contributed by atoms with Gasteiger partial charge in [-0.2, -0.15) is 0 Å². The molecule has 3 nitrogen and oxygen atoms in total. The fourth-order valence-corrected chi connectivity index (χ4v) is 1.76. The molecule has 2 N–H and O–H groups in total. The zero-order valence-corrected chi connectivity index (χ0v) is 14.4. The summed E-state index contributed by atoms with van der Waals surface area (Å²) in [6.45, 7) is 5.44. The van der Waals surface area contributed by atoms with Crippen LogP contribution in [-0.2, 0) is 0 Å². The Labute approximate surface area is 144 Å². The van der Waals surface area contributed by atoms with Gasteiger partial charge in [-0.15, -0.1) is 0 Å². The van der Waals surface area contributed by atoms with Gasteiger partial charge in [0.1, 0.15) is 0 Å². The molecule has 0 aliphatic heterocycles. The lowest BCUT2D eigenvalue weighted by Gasteiger charge is -2.01. The number of hydrogen-bond acceptors (Lipinski definition) is 2. The summed E-state index contributed by atoms with van der Waals surface area (Å²) in [5, 5.41) is 17.6. The Morgan fingerprint density at radius 1 is 1.13 bits per heavy atom. The molecule has 1 atom stereocenters. The molecule has 120 valence electrons. The second-order valence-electron chi connectivity index (χ2n) is 4.81. The predicted molar refractivity (Wildman–Crippen MR) is 97.4 cm³/mol. The molecule has 0 bridgehead atoms. The number of aliphatic hydroxyl groups is 1. The van der Waals surface area contributed by atoms with Gasteiger partial charge in [0.25, 0.3) is 0 Å². The largest absolute Gasteiger partial charge is 0.478 e. The van der Waals surface area contributed by atoms with Crippen LogP contribution in [0.15, 0.2) is 77.3 Å². The summed E-state index contributed by atoms with van der Waals surface area (Å²) in [6.07, 6.45) is 3.27. The van der Waals surface area contributed by atoms with Crippen molar-refractivity contribution in [2.24, 2.45) is 0 Å². The van der Waals surface area contributed by atoms with E-state index >= 15 is 0 Å². The van der Waals surface area contributed by atoms with Crippen molar-refractivity contribution in [1.29, 1.82) is 0 Å². The standard InChI is InChI=1S/C12H13BrO.C7H6O2/c1-9(10(2)14)3-4-11-5-7-12(13)8-6-11;8-7(9)6-4-2-1-3-5-6/h3-8,10,14H,1H2,2H3;1-5H,(H,8,9). The Balaban J connectivity index is 0.000000253. The van der Waals surface area contributed by atoms with Crippen LogP contribution in [0.1, 0.15) is 22.8 Å². The second kappa shape index (κ2) is 9.77. The van der Waals surface area contributed by atoms with Crippen molar-refractivity contribution in [2.75, 3.05) is 0 Å². The molecule has 0 spiro atoms. The number of benzene rings is 2. The summed E-state index contributed by atoms with van der Waals surface area (Å²) < 4.78 is 1.06. The van der Waals surface area contributed by atoms with Crippen molar-refractivity contribution >= 4 is 28.0 Å². The third kappa shape index (κ3) is 7.58. The maximum absolute atomic E-state index is 10.2. The number of carbonyl (C=O) groups is 1. The number of hydrogen-bond donors (Lipinski definition) is 2. The summed E-state index contributed by atoms with van der Waals surface area (Å²) in [5.41, 5.74) is 2.14. The van der Waals surface area contributed by atoms with Crippen molar-refractivity contribution in [2.45, 2.75) is 13.0 Å². The molecule has 1 unspecified atom stereocenters. The van der Waals surface area contributed by atoms with E-state index in [1.165, 1.54) is 0 Å². The number of aromatic carboxylic acids is 1. The lowest BCUT2D eigenvalue weighted by atomic mass is 10.1. The third-order valence-electron chi connectivity index (χ3n) is 2.92. The molecule has 0 saturated heterocycles. The molecular weight excluding hydrogens is 356 g/mol. The van der Waals surface area contributed by atoms with Gasteiger partial charge in [-0.1, -0.05) is 65.0 Å². The third-order valence-corrected chi connectivity index (χ3v) is 3.45. The van der Waals surface area contributed by atoms with Crippen LogP contribution in [-0.4, -0.2) is 22.3 Å². The van der Waals surface area contributed by atoms with Gasteiger partial charge in [-0.05, 0) is 42.3 Å². The minimum absolute atomic E-state index is 0.331. The van der Waals surface area contributed by atoms with Crippen molar-refractivity contribution in [3.8, 4) is 0 Å². The fourth-order valence-electron chi connectivity index (χ4n) is 1.50. The maximum atomic E-state index is 10.2. The predicted octanol–water partition coefficient (Wildman–Crippen LogP) is 4.78.